The molecule has 0 saturated carbocycles. The van der Waals surface area contributed by atoms with Crippen molar-refractivity contribution in [2.45, 2.75) is 32.4 Å². The molecule has 0 atom stereocenters. The predicted molar refractivity (Wildman–Crippen MR) is 140 cm³/mol. The van der Waals surface area contributed by atoms with E-state index < -0.39 is 17.6 Å². The summed E-state index contributed by atoms with van der Waals surface area (Å²) in [4.78, 5) is 39.1. The van der Waals surface area contributed by atoms with Crippen LogP contribution in [-0.2, 0) is 40.4 Å². The minimum Gasteiger partial charge on any atom is -0.483 e. The van der Waals surface area contributed by atoms with Crippen LogP contribution in [0.5, 0.6) is 5.75 Å². The van der Waals surface area contributed by atoms with Crippen LogP contribution in [-0.4, -0.2) is 43.9 Å². The molecule has 2 N–H and O–H groups in total. The van der Waals surface area contributed by atoms with Gasteiger partial charge < -0.3 is 29.4 Å². The number of hydrogen-bond acceptors (Lipinski definition) is 6. The van der Waals surface area contributed by atoms with E-state index in [1.165, 1.54) is 32.0 Å². The molecule has 0 aliphatic carbocycles. The lowest BCUT2D eigenvalue weighted by molar-refractivity contribution is -0.119. The summed E-state index contributed by atoms with van der Waals surface area (Å²) < 4.78 is 18.2. The maximum Gasteiger partial charge on any atom is 0.272 e. The summed E-state index contributed by atoms with van der Waals surface area (Å²) in [6.07, 6.45) is 0.551. The molecule has 0 aliphatic rings. The zero-order valence-corrected chi connectivity index (χ0v) is 21.7. The molecule has 1 heterocycles. The number of likely N-dealkylation sites (N-methyl/N-ethyl adjacent to an activating group) is 1. The first-order chi connectivity index (χ1) is 17.9. The number of ether oxygens (including phenoxy) is 3. The molecule has 10 heteroatoms. The first-order valence-electron chi connectivity index (χ1n) is 11.6. The van der Waals surface area contributed by atoms with Crippen molar-refractivity contribution in [3.8, 4) is 5.75 Å². The highest BCUT2D eigenvalue weighted by Crippen LogP contribution is 2.20. The van der Waals surface area contributed by atoms with Gasteiger partial charge in [0.2, 0.25) is 11.3 Å². The van der Waals surface area contributed by atoms with Crippen LogP contribution < -0.4 is 20.8 Å². The van der Waals surface area contributed by atoms with E-state index in [-0.39, 0.29) is 49.0 Å². The van der Waals surface area contributed by atoms with Crippen LogP contribution in [0.15, 0.2) is 65.6 Å². The van der Waals surface area contributed by atoms with Crippen molar-refractivity contribution in [1.29, 1.82) is 0 Å². The van der Waals surface area contributed by atoms with Crippen molar-refractivity contribution < 1.29 is 23.8 Å². The van der Waals surface area contributed by atoms with E-state index in [0.717, 1.165) is 11.1 Å². The van der Waals surface area contributed by atoms with Crippen molar-refractivity contribution >= 4 is 23.4 Å². The Morgan fingerprint density at radius 2 is 1.73 bits per heavy atom. The molecule has 3 aromatic rings. The molecule has 0 unspecified atom stereocenters. The molecule has 9 nitrogen and oxygen atoms in total. The number of pyridine rings is 1. The Hall–Kier alpha value is -3.66. The minimum atomic E-state index is -0.725. The number of amides is 2. The van der Waals surface area contributed by atoms with Crippen LogP contribution in [0.1, 0.15) is 27.2 Å². The molecule has 0 aliphatic heterocycles. The third-order valence-corrected chi connectivity index (χ3v) is 5.83. The van der Waals surface area contributed by atoms with Crippen LogP contribution in [0, 0.1) is 0 Å². The van der Waals surface area contributed by atoms with E-state index in [4.69, 9.17) is 25.8 Å². The molecule has 2 aromatic carbocycles. The van der Waals surface area contributed by atoms with Gasteiger partial charge in [-0.3, -0.25) is 14.4 Å². The van der Waals surface area contributed by atoms with Crippen LogP contribution in [0.2, 0.25) is 5.02 Å². The first kappa shape index (κ1) is 27.9. The number of carbonyl (C=O) groups excluding carboxylic acids is 2. The smallest absolute Gasteiger partial charge is 0.272 e. The first-order valence-corrected chi connectivity index (χ1v) is 12.0. The Morgan fingerprint density at radius 1 is 1.03 bits per heavy atom. The number of rotatable bonds is 12. The molecule has 37 heavy (non-hydrogen) atoms. The molecule has 3 rings (SSSR count). The number of hydrogen-bond donors (Lipinski definition) is 2. The van der Waals surface area contributed by atoms with Crippen molar-refractivity contribution in [2.75, 3.05) is 21.3 Å². The summed E-state index contributed by atoms with van der Waals surface area (Å²) in [6.45, 7) is 0.283. The average molecular weight is 528 g/mol. The highest BCUT2D eigenvalue weighted by molar-refractivity contribution is 6.30. The monoisotopic (exact) mass is 527 g/mol. The number of methoxy groups -OCH3 is 2. The van der Waals surface area contributed by atoms with Crippen molar-refractivity contribution in [1.82, 2.24) is 15.2 Å². The molecule has 196 valence electrons. The van der Waals surface area contributed by atoms with Crippen molar-refractivity contribution in [2.24, 2.45) is 0 Å². The molecule has 0 fully saturated rings. The molecule has 0 spiro atoms. The van der Waals surface area contributed by atoms with Gasteiger partial charge in [-0.25, -0.2) is 0 Å². The van der Waals surface area contributed by atoms with Gasteiger partial charge in [0.05, 0.1) is 13.0 Å². The van der Waals surface area contributed by atoms with Gasteiger partial charge in [0.15, 0.2) is 17.7 Å². The SMILES string of the molecule is CNC(=O)Cc1cn(CC(OC)OC)c(C(=O)NCc2cccc(Cl)c2)c(OCc2ccccc2)c1=O. The second-order valence-electron chi connectivity index (χ2n) is 8.15. The summed E-state index contributed by atoms with van der Waals surface area (Å²) in [6, 6.07) is 16.3. The number of aromatic nitrogens is 1. The highest BCUT2D eigenvalue weighted by Gasteiger charge is 2.25. The summed E-state index contributed by atoms with van der Waals surface area (Å²) in [7, 11) is 4.42. The maximum absolute atomic E-state index is 13.5. The molecule has 0 radical (unpaired) electrons. The molecule has 0 bridgehead atoms. The van der Waals surface area contributed by atoms with Crippen molar-refractivity contribution in [3.05, 3.63) is 98.4 Å². The molecule has 1 aromatic heterocycles. The topological polar surface area (TPSA) is 108 Å². The lowest BCUT2D eigenvalue weighted by Gasteiger charge is -2.22. The third kappa shape index (κ3) is 7.66. The number of carbonyl (C=O) groups is 2. The fourth-order valence-corrected chi connectivity index (χ4v) is 3.86. The van der Waals surface area contributed by atoms with E-state index in [2.05, 4.69) is 10.6 Å². The Labute approximate surface area is 220 Å². The lowest BCUT2D eigenvalue weighted by atomic mass is 10.1. The zero-order chi connectivity index (χ0) is 26.8. The van der Waals surface area contributed by atoms with E-state index in [1.54, 1.807) is 18.2 Å². The number of benzene rings is 2. The van der Waals surface area contributed by atoms with E-state index in [9.17, 15) is 14.4 Å². The second kappa shape index (κ2) is 13.6. The quantitative estimate of drug-likeness (QED) is 0.351. The predicted octanol–water partition coefficient (Wildman–Crippen LogP) is 2.92. The van der Waals surface area contributed by atoms with Crippen LogP contribution in [0.25, 0.3) is 0 Å². The Kier molecular flexibility index (Phi) is 10.3. The second-order valence-corrected chi connectivity index (χ2v) is 8.59. The van der Waals surface area contributed by atoms with Crippen molar-refractivity contribution in [3.63, 3.8) is 0 Å². The van der Waals surface area contributed by atoms with Crippen LogP contribution >= 0.6 is 11.6 Å². The van der Waals surface area contributed by atoms with Crippen LogP contribution in [0.3, 0.4) is 0 Å². The minimum absolute atomic E-state index is 0.0114. The van der Waals surface area contributed by atoms with Gasteiger partial charge in [0.1, 0.15) is 6.61 Å². The van der Waals surface area contributed by atoms with E-state index in [1.807, 2.05) is 36.4 Å². The third-order valence-electron chi connectivity index (χ3n) is 5.60. The van der Waals surface area contributed by atoms with Gasteiger partial charge in [0, 0.05) is 44.6 Å². The summed E-state index contributed by atoms with van der Waals surface area (Å²) in [5.41, 5.74) is 1.20. The molecule has 0 saturated heterocycles. The van der Waals surface area contributed by atoms with E-state index >= 15 is 0 Å². The summed E-state index contributed by atoms with van der Waals surface area (Å²) in [5.74, 6) is -1.07. The summed E-state index contributed by atoms with van der Waals surface area (Å²) in [5, 5.41) is 5.88. The number of halogens is 1. The van der Waals surface area contributed by atoms with Gasteiger partial charge >= 0.3 is 0 Å². The van der Waals surface area contributed by atoms with Gasteiger partial charge in [0.25, 0.3) is 5.91 Å². The fourth-order valence-electron chi connectivity index (χ4n) is 3.64. The number of nitrogens with one attached hydrogen (secondary N) is 2. The summed E-state index contributed by atoms with van der Waals surface area (Å²) >= 11 is 6.07. The Bertz CT molecular complexity index is 1270. The normalized spacial score (nSPS) is 10.8. The molecular formula is C27H30ClN3O6. The fraction of sp³-hybridized carbons (Fsp3) is 0.296. The maximum atomic E-state index is 13.5. The standard InChI is InChI=1S/C27H30ClN3O6/c1-29-22(32)13-20-15-31(16-23(35-2)36-3)24(27(34)30-14-19-10-7-11-21(28)12-19)26(25(20)33)37-17-18-8-5-4-6-9-18/h4-12,15,23H,13-14,16-17H2,1-3H3,(H,29,32)(H,30,34). The Morgan fingerprint density at radius 3 is 2.38 bits per heavy atom. The Balaban J connectivity index is 2.07. The largest absolute Gasteiger partial charge is 0.483 e. The zero-order valence-electron chi connectivity index (χ0n) is 21.0. The van der Waals surface area contributed by atoms with Gasteiger partial charge in [-0.2, -0.15) is 0 Å². The van der Waals surface area contributed by atoms with Crippen LogP contribution in [0.4, 0.5) is 0 Å². The molecule has 2 amide bonds. The highest BCUT2D eigenvalue weighted by atomic mass is 35.5. The lowest BCUT2D eigenvalue weighted by Crippen LogP contribution is -2.34. The van der Waals surface area contributed by atoms with Gasteiger partial charge in [-0.05, 0) is 23.3 Å². The van der Waals surface area contributed by atoms with Gasteiger partial charge in [-0.1, -0.05) is 54.1 Å². The van der Waals surface area contributed by atoms with Gasteiger partial charge in [-0.15, -0.1) is 0 Å². The van der Waals surface area contributed by atoms with E-state index in [0.29, 0.717) is 5.02 Å². The molecular weight excluding hydrogens is 498 g/mol. The average Bonchev–Trinajstić information content (AvgIpc) is 2.91. The number of nitrogens with zero attached hydrogens (tertiary/aromatic N) is 1.